The van der Waals surface area contributed by atoms with E-state index in [0.29, 0.717) is 51.6 Å². The number of nitrogens with zero attached hydrogens (tertiary/aromatic N) is 6. The van der Waals surface area contributed by atoms with Gasteiger partial charge in [-0.15, -0.1) is 0 Å². The van der Waals surface area contributed by atoms with Crippen LogP contribution in [0.1, 0.15) is 31.0 Å². The SMILES string of the molecule is CC[C@H](Nc1ncnc2cccc(F)c12)c1nc2cccc(-c3cnc(C)nc3)c2c(=O)n1-c1ccccc1. The lowest BCUT2D eigenvalue weighted by atomic mass is 10.0. The molecule has 1 atom stereocenters. The lowest BCUT2D eigenvalue weighted by Crippen LogP contribution is -2.28. The molecular formula is C30H24FN7O. The zero-order valence-electron chi connectivity index (χ0n) is 21.3. The second kappa shape index (κ2) is 10.0. The molecule has 6 rings (SSSR count). The van der Waals surface area contributed by atoms with Crippen LogP contribution in [0, 0.1) is 12.7 Å². The zero-order chi connectivity index (χ0) is 26.9. The Morgan fingerprint density at radius 2 is 1.62 bits per heavy atom. The van der Waals surface area contributed by atoms with Crippen LogP contribution in [-0.2, 0) is 0 Å². The highest BCUT2D eigenvalue weighted by Crippen LogP contribution is 2.30. The van der Waals surface area contributed by atoms with E-state index in [1.54, 1.807) is 29.1 Å². The molecule has 3 heterocycles. The van der Waals surface area contributed by atoms with Crippen molar-refractivity contribution in [2.45, 2.75) is 26.3 Å². The van der Waals surface area contributed by atoms with E-state index >= 15 is 0 Å². The van der Waals surface area contributed by atoms with Gasteiger partial charge in [-0.2, -0.15) is 0 Å². The lowest BCUT2D eigenvalue weighted by Gasteiger charge is -2.23. The number of aromatic nitrogens is 6. The Morgan fingerprint density at radius 3 is 2.38 bits per heavy atom. The van der Waals surface area contributed by atoms with Crippen LogP contribution in [0.4, 0.5) is 10.2 Å². The predicted molar refractivity (Wildman–Crippen MR) is 149 cm³/mol. The van der Waals surface area contributed by atoms with Crippen molar-refractivity contribution in [1.82, 2.24) is 29.5 Å². The normalized spacial score (nSPS) is 12.1. The molecule has 8 nitrogen and oxygen atoms in total. The van der Waals surface area contributed by atoms with Gasteiger partial charge in [0.15, 0.2) is 0 Å². The van der Waals surface area contributed by atoms with Crippen molar-refractivity contribution >= 4 is 27.6 Å². The van der Waals surface area contributed by atoms with Crippen molar-refractivity contribution < 1.29 is 4.39 Å². The quantitative estimate of drug-likeness (QED) is 0.298. The number of aryl methyl sites for hydroxylation is 1. The third kappa shape index (κ3) is 4.37. The standard InChI is InChI=1S/C30H24FN7O/c1-3-23(36-28-27-22(31)12-8-13-24(27)34-17-35-28)29-37-25-14-7-11-21(19-15-32-18(2)33-16-19)26(25)30(39)38(29)20-9-5-4-6-10-20/h4-17,23H,3H2,1-2H3,(H,34,35,36)/t23-/m0/s1. The van der Waals surface area contributed by atoms with Crippen molar-refractivity contribution in [2.24, 2.45) is 0 Å². The molecule has 0 saturated heterocycles. The number of fused-ring (bicyclic) bond motifs is 2. The largest absolute Gasteiger partial charge is 0.359 e. The van der Waals surface area contributed by atoms with Crippen LogP contribution >= 0.6 is 0 Å². The highest BCUT2D eigenvalue weighted by molar-refractivity contribution is 5.94. The molecule has 0 saturated carbocycles. The fourth-order valence-electron chi connectivity index (χ4n) is 4.77. The van der Waals surface area contributed by atoms with E-state index in [0.717, 1.165) is 5.56 Å². The van der Waals surface area contributed by atoms with Crippen LogP contribution in [0.5, 0.6) is 0 Å². The van der Waals surface area contributed by atoms with E-state index in [2.05, 4.69) is 25.3 Å². The fourth-order valence-corrected chi connectivity index (χ4v) is 4.77. The first-order chi connectivity index (χ1) is 19.0. The van der Waals surface area contributed by atoms with Crippen LogP contribution in [0.15, 0.2) is 90.2 Å². The summed E-state index contributed by atoms with van der Waals surface area (Å²) in [7, 11) is 0. The summed E-state index contributed by atoms with van der Waals surface area (Å²) in [6.07, 6.45) is 5.37. The summed E-state index contributed by atoms with van der Waals surface area (Å²) in [5, 5.41) is 4.10. The second-order valence-electron chi connectivity index (χ2n) is 9.13. The van der Waals surface area contributed by atoms with Crippen LogP contribution < -0.4 is 10.9 Å². The first-order valence-electron chi connectivity index (χ1n) is 12.6. The van der Waals surface area contributed by atoms with Crippen LogP contribution in [0.2, 0.25) is 0 Å². The smallest absolute Gasteiger partial charge is 0.266 e. The minimum atomic E-state index is -0.466. The average molecular weight is 518 g/mol. The summed E-state index contributed by atoms with van der Waals surface area (Å²) in [4.78, 5) is 36.5. The van der Waals surface area contributed by atoms with E-state index in [9.17, 15) is 9.18 Å². The Labute approximate surface area is 223 Å². The molecule has 0 amide bonds. The van der Waals surface area contributed by atoms with E-state index in [4.69, 9.17) is 4.98 Å². The summed E-state index contributed by atoms with van der Waals surface area (Å²) >= 11 is 0. The van der Waals surface area contributed by atoms with Gasteiger partial charge in [-0.3, -0.25) is 9.36 Å². The number of hydrogen-bond acceptors (Lipinski definition) is 7. The maximum Gasteiger partial charge on any atom is 0.266 e. The minimum Gasteiger partial charge on any atom is -0.359 e. The van der Waals surface area contributed by atoms with Crippen LogP contribution in [0.3, 0.4) is 0 Å². The molecule has 3 aromatic heterocycles. The maximum absolute atomic E-state index is 14.8. The summed E-state index contributed by atoms with van der Waals surface area (Å²) in [5.74, 6) is 1.04. The molecule has 0 unspecified atom stereocenters. The third-order valence-electron chi connectivity index (χ3n) is 6.67. The molecule has 6 aromatic rings. The molecule has 1 N–H and O–H groups in total. The van der Waals surface area contributed by atoms with Crippen molar-refractivity contribution in [3.8, 4) is 16.8 Å². The Morgan fingerprint density at radius 1 is 0.872 bits per heavy atom. The molecule has 0 aliphatic heterocycles. The van der Waals surface area contributed by atoms with Crippen LogP contribution in [-0.4, -0.2) is 29.5 Å². The predicted octanol–water partition coefficient (Wildman–Crippen LogP) is 5.80. The molecule has 0 bridgehead atoms. The van der Waals surface area contributed by atoms with Gasteiger partial charge in [-0.1, -0.05) is 43.3 Å². The summed E-state index contributed by atoms with van der Waals surface area (Å²) in [6, 6.07) is 19.2. The fraction of sp³-hybridized carbons (Fsp3) is 0.133. The van der Waals surface area contributed by atoms with E-state index in [1.165, 1.54) is 12.4 Å². The number of rotatable bonds is 6. The van der Waals surface area contributed by atoms with Gasteiger partial charge in [0.1, 0.15) is 29.6 Å². The molecular weight excluding hydrogens is 493 g/mol. The van der Waals surface area contributed by atoms with Crippen molar-refractivity contribution in [3.05, 3.63) is 113 Å². The van der Waals surface area contributed by atoms with E-state index in [1.807, 2.05) is 62.4 Å². The van der Waals surface area contributed by atoms with Crippen molar-refractivity contribution in [3.63, 3.8) is 0 Å². The topological polar surface area (TPSA) is 98.5 Å². The monoisotopic (exact) mass is 517 g/mol. The summed E-state index contributed by atoms with van der Waals surface area (Å²) in [6.45, 7) is 3.79. The van der Waals surface area contributed by atoms with Gasteiger partial charge in [-0.05, 0) is 49.2 Å². The first-order valence-corrected chi connectivity index (χ1v) is 12.6. The number of halogens is 1. The second-order valence-corrected chi connectivity index (χ2v) is 9.13. The van der Waals surface area contributed by atoms with Crippen LogP contribution in [0.25, 0.3) is 38.6 Å². The molecule has 0 spiro atoms. The molecule has 0 aliphatic carbocycles. The van der Waals surface area contributed by atoms with Gasteiger partial charge in [0.2, 0.25) is 0 Å². The molecule has 0 radical (unpaired) electrons. The Balaban J connectivity index is 1.59. The highest BCUT2D eigenvalue weighted by atomic mass is 19.1. The highest BCUT2D eigenvalue weighted by Gasteiger charge is 2.23. The van der Waals surface area contributed by atoms with Gasteiger partial charge < -0.3 is 5.32 Å². The summed E-state index contributed by atoms with van der Waals surface area (Å²) < 4.78 is 16.5. The molecule has 39 heavy (non-hydrogen) atoms. The molecule has 0 aliphatic rings. The number of hydrogen-bond donors (Lipinski definition) is 1. The van der Waals surface area contributed by atoms with E-state index < -0.39 is 11.9 Å². The number of benzene rings is 3. The Bertz CT molecular complexity index is 1870. The number of nitrogens with one attached hydrogen (secondary N) is 1. The van der Waals surface area contributed by atoms with Gasteiger partial charge in [0.25, 0.3) is 5.56 Å². The van der Waals surface area contributed by atoms with Crippen molar-refractivity contribution in [2.75, 3.05) is 5.32 Å². The number of anilines is 1. The molecule has 9 heteroatoms. The van der Waals surface area contributed by atoms with Gasteiger partial charge in [0, 0.05) is 18.0 Å². The molecule has 3 aromatic carbocycles. The minimum absolute atomic E-state index is 0.226. The van der Waals surface area contributed by atoms with Gasteiger partial charge >= 0.3 is 0 Å². The molecule has 192 valence electrons. The Kier molecular flexibility index (Phi) is 6.24. The number of para-hydroxylation sites is 1. The first kappa shape index (κ1) is 24.3. The zero-order valence-corrected chi connectivity index (χ0v) is 21.3. The third-order valence-corrected chi connectivity index (χ3v) is 6.67. The van der Waals surface area contributed by atoms with E-state index in [-0.39, 0.29) is 10.9 Å². The maximum atomic E-state index is 14.8. The van der Waals surface area contributed by atoms with Gasteiger partial charge in [0.05, 0.1) is 33.5 Å². The molecule has 0 fully saturated rings. The Hall–Kier alpha value is -5.05. The van der Waals surface area contributed by atoms with Gasteiger partial charge in [-0.25, -0.2) is 29.3 Å². The average Bonchev–Trinajstić information content (AvgIpc) is 2.96. The summed E-state index contributed by atoms with van der Waals surface area (Å²) in [5.41, 5.74) is 2.90. The lowest BCUT2D eigenvalue weighted by molar-refractivity contribution is 0.636. The van der Waals surface area contributed by atoms with Crippen molar-refractivity contribution in [1.29, 1.82) is 0 Å².